The molecule has 2 N–H and O–H groups in total. The first-order valence-corrected chi connectivity index (χ1v) is 11.5. The van der Waals surface area contributed by atoms with E-state index in [9.17, 15) is 13.2 Å². The molecule has 1 aliphatic heterocycles. The van der Waals surface area contributed by atoms with Gasteiger partial charge >= 0.3 is 0 Å². The predicted octanol–water partition coefficient (Wildman–Crippen LogP) is 2.81. The number of piperazine rings is 1. The minimum Gasteiger partial charge on any atom is -0.497 e. The first-order chi connectivity index (χ1) is 14.3. The highest BCUT2D eigenvalue weighted by Gasteiger charge is 2.29. The van der Waals surface area contributed by atoms with Crippen LogP contribution in [0.15, 0.2) is 56.2 Å². The number of sulfonamides is 1. The molecule has 1 aliphatic rings. The third-order valence-corrected chi connectivity index (χ3v) is 7.88. The van der Waals surface area contributed by atoms with E-state index in [1.807, 2.05) is 6.07 Å². The maximum atomic E-state index is 12.9. The molecule has 0 saturated carbocycles. The molecule has 3 aromatic rings. The summed E-state index contributed by atoms with van der Waals surface area (Å²) in [6, 6.07) is 11.7. The first kappa shape index (κ1) is 20.7. The molecule has 10 heteroatoms. The summed E-state index contributed by atoms with van der Waals surface area (Å²) in [5.74, 6) is 0.0769. The SMILES string of the molecule is COc1ccc(S(=O)(=O)N2CCN(c3ccc4oc(C(N)=O)cc4c3Br)CC2)cc1. The molecule has 1 aromatic heterocycles. The number of nitrogens with zero attached hydrogens (tertiary/aromatic N) is 2. The standard InChI is InChI=1S/C20H20BrN3O5S/c1-28-13-2-4-14(5-3-13)30(26,27)24-10-8-23(9-11-24)16-6-7-17-15(19(16)21)12-18(29-17)20(22)25/h2-7,12H,8-11H2,1H3,(H2,22,25). The number of hydrogen-bond acceptors (Lipinski definition) is 6. The average molecular weight is 494 g/mol. The molecule has 158 valence electrons. The summed E-state index contributed by atoms with van der Waals surface area (Å²) in [4.78, 5) is 13.7. The van der Waals surface area contributed by atoms with Crippen molar-refractivity contribution in [3.63, 3.8) is 0 Å². The molecule has 1 amide bonds. The van der Waals surface area contributed by atoms with E-state index >= 15 is 0 Å². The Labute approximate surface area is 182 Å². The summed E-state index contributed by atoms with van der Waals surface area (Å²) in [7, 11) is -2.03. The minimum absolute atomic E-state index is 0.0956. The number of carbonyl (C=O) groups is 1. The molecule has 2 aromatic carbocycles. The second-order valence-corrected chi connectivity index (χ2v) is 9.58. The third kappa shape index (κ3) is 3.66. The normalized spacial score (nSPS) is 15.5. The van der Waals surface area contributed by atoms with Crippen molar-refractivity contribution < 1.29 is 22.4 Å². The molecule has 0 atom stereocenters. The van der Waals surface area contributed by atoms with Crippen LogP contribution in [-0.2, 0) is 10.0 Å². The molecule has 1 fully saturated rings. The van der Waals surface area contributed by atoms with Gasteiger partial charge in [-0.2, -0.15) is 4.31 Å². The van der Waals surface area contributed by atoms with Crippen molar-refractivity contribution >= 4 is 48.5 Å². The fourth-order valence-corrected chi connectivity index (χ4v) is 5.61. The van der Waals surface area contributed by atoms with Gasteiger partial charge in [0.1, 0.15) is 11.3 Å². The number of hydrogen-bond donors (Lipinski definition) is 1. The molecule has 0 spiro atoms. The zero-order chi connectivity index (χ0) is 21.5. The molecule has 4 rings (SSSR count). The summed E-state index contributed by atoms with van der Waals surface area (Å²) in [6.07, 6.45) is 0. The maximum Gasteiger partial charge on any atom is 0.284 e. The lowest BCUT2D eigenvalue weighted by atomic mass is 10.2. The number of rotatable bonds is 5. The molecule has 1 saturated heterocycles. The van der Waals surface area contributed by atoms with Crippen molar-refractivity contribution in [1.29, 1.82) is 0 Å². The van der Waals surface area contributed by atoms with Gasteiger partial charge in [0, 0.05) is 31.6 Å². The van der Waals surface area contributed by atoms with E-state index in [1.165, 1.54) is 11.4 Å². The van der Waals surface area contributed by atoms with E-state index in [-0.39, 0.29) is 10.7 Å². The largest absolute Gasteiger partial charge is 0.497 e. The van der Waals surface area contributed by atoms with Gasteiger partial charge in [0.05, 0.1) is 22.2 Å². The number of carbonyl (C=O) groups excluding carboxylic acids is 1. The van der Waals surface area contributed by atoms with Crippen molar-refractivity contribution in [3.8, 4) is 5.75 Å². The van der Waals surface area contributed by atoms with Gasteiger partial charge in [0.2, 0.25) is 10.0 Å². The van der Waals surface area contributed by atoms with Gasteiger partial charge in [-0.25, -0.2) is 8.42 Å². The van der Waals surface area contributed by atoms with Crippen LogP contribution in [0.1, 0.15) is 10.6 Å². The Morgan fingerprint density at radius 3 is 2.37 bits per heavy atom. The summed E-state index contributed by atoms with van der Waals surface area (Å²) in [5.41, 5.74) is 6.76. The minimum atomic E-state index is -3.57. The van der Waals surface area contributed by atoms with E-state index in [0.29, 0.717) is 37.5 Å². The van der Waals surface area contributed by atoms with Gasteiger partial charge in [-0.05, 0) is 58.4 Å². The number of fused-ring (bicyclic) bond motifs is 1. The molecule has 0 radical (unpaired) electrons. The molecule has 0 unspecified atom stereocenters. The number of methoxy groups -OCH3 is 1. The molecule has 30 heavy (non-hydrogen) atoms. The van der Waals surface area contributed by atoms with Crippen molar-refractivity contribution in [1.82, 2.24) is 4.31 Å². The number of ether oxygens (including phenoxy) is 1. The van der Waals surface area contributed by atoms with Crippen LogP contribution in [0, 0.1) is 0 Å². The zero-order valence-electron chi connectivity index (χ0n) is 16.2. The Bertz CT molecular complexity index is 1200. The lowest BCUT2D eigenvalue weighted by Gasteiger charge is -2.35. The van der Waals surface area contributed by atoms with Gasteiger partial charge in [0.25, 0.3) is 5.91 Å². The van der Waals surface area contributed by atoms with Gasteiger partial charge in [0.15, 0.2) is 5.76 Å². The van der Waals surface area contributed by atoms with Gasteiger partial charge in [-0.15, -0.1) is 0 Å². The summed E-state index contributed by atoms with van der Waals surface area (Å²) >= 11 is 3.59. The monoisotopic (exact) mass is 493 g/mol. The van der Waals surface area contributed by atoms with Crippen LogP contribution in [0.3, 0.4) is 0 Å². The van der Waals surface area contributed by atoms with Crippen molar-refractivity contribution in [2.24, 2.45) is 5.73 Å². The van der Waals surface area contributed by atoms with Crippen LogP contribution >= 0.6 is 15.9 Å². The van der Waals surface area contributed by atoms with E-state index in [1.54, 1.807) is 36.4 Å². The smallest absolute Gasteiger partial charge is 0.284 e. The fraction of sp³-hybridized carbons (Fsp3) is 0.250. The molecule has 2 heterocycles. The van der Waals surface area contributed by atoms with E-state index in [0.717, 1.165) is 15.5 Å². The Morgan fingerprint density at radius 1 is 1.10 bits per heavy atom. The summed E-state index contributed by atoms with van der Waals surface area (Å²) in [5, 5.41) is 0.745. The highest BCUT2D eigenvalue weighted by molar-refractivity contribution is 9.10. The van der Waals surface area contributed by atoms with Crippen LogP contribution in [0.25, 0.3) is 11.0 Å². The average Bonchev–Trinajstić information content (AvgIpc) is 3.20. The van der Waals surface area contributed by atoms with E-state index in [4.69, 9.17) is 14.9 Å². The highest BCUT2D eigenvalue weighted by Crippen LogP contribution is 2.36. The van der Waals surface area contributed by atoms with Crippen LogP contribution in [0.2, 0.25) is 0 Å². The van der Waals surface area contributed by atoms with Gasteiger partial charge in [-0.3, -0.25) is 4.79 Å². The molecule has 0 aliphatic carbocycles. The van der Waals surface area contributed by atoms with Crippen LogP contribution in [0.4, 0.5) is 5.69 Å². The van der Waals surface area contributed by atoms with Crippen molar-refractivity contribution in [3.05, 3.63) is 52.7 Å². The number of benzene rings is 2. The number of amides is 1. The van der Waals surface area contributed by atoms with Crippen LogP contribution in [-0.4, -0.2) is 51.9 Å². The summed E-state index contributed by atoms with van der Waals surface area (Å²) in [6.45, 7) is 1.77. The predicted molar refractivity (Wildman–Crippen MR) is 116 cm³/mol. The number of nitrogens with two attached hydrogens (primary N) is 1. The number of furan rings is 1. The molecule has 0 bridgehead atoms. The molecular weight excluding hydrogens is 474 g/mol. The maximum absolute atomic E-state index is 12.9. The second kappa shape index (κ2) is 7.93. The number of anilines is 1. The molecular formula is C20H20BrN3O5S. The first-order valence-electron chi connectivity index (χ1n) is 9.22. The lowest BCUT2D eigenvalue weighted by molar-refractivity contribution is 0.0976. The third-order valence-electron chi connectivity index (χ3n) is 5.13. The lowest BCUT2D eigenvalue weighted by Crippen LogP contribution is -2.48. The Morgan fingerprint density at radius 2 is 1.77 bits per heavy atom. The zero-order valence-corrected chi connectivity index (χ0v) is 18.6. The fourth-order valence-electron chi connectivity index (χ4n) is 3.50. The Balaban J connectivity index is 1.52. The van der Waals surface area contributed by atoms with Crippen LogP contribution in [0.5, 0.6) is 5.75 Å². The number of halogens is 1. The van der Waals surface area contributed by atoms with Gasteiger partial charge < -0.3 is 19.8 Å². The second-order valence-electron chi connectivity index (χ2n) is 6.85. The topological polar surface area (TPSA) is 106 Å². The van der Waals surface area contributed by atoms with E-state index < -0.39 is 15.9 Å². The van der Waals surface area contributed by atoms with Crippen LogP contribution < -0.4 is 15.4 Å². The van der Waals surface area contributed by atoms with Gasteiger partial charge in [-0.1, -0.05) is 0 Å². The highest BCUT2D eigenvalue weighted by atomic mass is 79.9. The summed E-state index contributed by atoms with van der Waals surface area (Å²) < 4.78 is 38.7. The Kier molecular flexibility index (Phi) is 5.48. The van der Waals surface area contributed by atoms with E-state index in [2.05, 4.69) is 20.8 Å². The number of primary amides is 1. The Hall–Kier alpha value is -2.56. The van der Waals surface area contributed by atoms with Crippen molar-refractivity contribution in [2.45, 2.75) is 4.90 Å². The quantitative estimate of drug-likeness (QED) is 0.585. The van der Waals surface area contributed by atoms with Crippen molar-refractivity contribution in [2.75, 3.05) is 38.2 Å². The molecule has 8 nitrogen and oxygen atoms in total.